The standard InChI is InChI=1S/2C22H25.C12H9Si.Hf/c2*1-3-5-10-18-11-6-7-13-20(18)21-14-8-12-19-15-17(9-4-2)16-22(19)21;1-3-7-11-9(5-1)10-6-2-4-8-12(10)13-11;/h2*6-8,11-16H,3-5,9-10H2,1-2H3;1-7H,13H2;. The predicted octanol–water partition coefficient (Wildman–Crippen LogP) is 12.9. The van der Waals surface area contributed by atoms with Gasteiger partial charge in [0.2, 0.25) is 0 Å². The Morgan fingerprint density at radius 2 is 0.897 bits per heavy atom. The van der Waals surface area contributed by atoms with Crippen molar-refractivity contribution in [1.29, 1.82) is 0 Å². The van der Waals surface area contributed by atoms with Crippen molar-refractivity contribution in [2.24, 2.45) is 0 Å². The fraction of sp³-hybridized carbons (Fsp3) is 0.286. The van der Waals surface area contributed by atoms with E-state index in [0.29, 0.717) is 7.35 Å². The fourth-order valence-electron chi connectivity index (χ4n) is 10.8. The molecule has 0 nitrogen and oxygen atoms in total. The van der Waals surface area contributed by atoms with E-state index in [9.17, 15) is 0 Å². The SMILES string of the molecule is CCCCc1ccccc1-c1cccc2c1C=C(CCC)[CH]2[Hf]([c]1cccc2c1[SiH2]c1ccccc1-2)[CH]1C(CCC)=Cc2c(-c3ccccc3CCCC)cccc21. The molecule has 0 amide bonds. The van der Waals surface area contributed by atoms with Gasteiger partial charge in [-0.3, -0.25) is 0 Å². The summed E-state index contributed by atoms with van der Waals surface area (Å²) in [6.45, 7) is 9.45. The number of hydrogen-bond acceptors (Lipinski definition) is 0. The zero-order chi connectivity index (χ0) is 39.6. The summed E-state index contributed by atoms with van der Waals surface area (Å²) in [6.07, 6.45) is 17.3. The van der Waals surface area contributed by atoms with Crippen molar-refractivity contribution >= 4 is 35.4 Å². The maximum atomic E-state index is 2.72. The topological polar surface area (TPSA) is 0 Å². The number of unbranched alkanes of at least 4 members (excludes halogenated alkanes) is 2. The Kier molecular flexibility index (Phi) is 12.0. The van der Waals surface area contributed by atoms with Crippen molar-refractivity contribution < 1.29 is 21.4 Å². The van der Waals surface area contributed by atoms with Gasteiger partial charge in [-0.2, -0.15) is 0 Å². The van der Waals surface area contributed by atoms with Gasteiger partial charge in [0.05, 0.1) is 0 Å². The molecule has 58 heavy (non-hydrogen) atoms. The molecule has 6 aromatic rings. The van der Waals surface area contributed by atoms with E-state index in [2.05, 4.69) is 167 Å². The molecule has 9 rings (SSSR count). The van der Waals surface area contributed by atoms with Crippen LogP contribution in [-0.4, -0.2) is 9.52 Å². The minimum absolute atomic E-state index is 0.517. The fourth-order valence-corrected chi connectivity index (χ4v) is 30.3. The predicted molar refractivity (Wildman–Crippen MR) is 252 cm³/mol. The average Bonchev–Trinajstić information content (AvgIpc) is 3.95. The molecule has 2 atom stereocenters. The van der Waals surface area contributed by atoms with Crippen molar-refractivity contribution in [3.05, 3.63) is 172 Å². The molecule has 0 bridgehead atoms. The first kappa shape index (κ1) is 39.4. The molecule has 1 aliphatic heterocycles. The first-order valence-electron chi connectivity index (χ1n) is 22.6. The number of benzene rings is 6. The van der Waals surface area contributed by atoms with Gasteiger partial charge < -0.3 is 0 Å². The number of fused-ring (bicyclic) bond motifs is 5. The van der Waals surface area contributed by atoms with Crippen molar-refractivity contribution in [3.8, 4) is 33.4 Å². The summed E-state index contributed by atoms with van der Waals surface area (Å²) in [7, 11) is -0.606. The zero-order valence-electron chi connectivity index (χ0n) is 35.2. The molecule has 291 valence electrons. The van der Waals surface area contributed by atoms with E-state index in [1.54, 1.807) is 38.2 Å². The first-order valence-corrected chi connectivity index (χ1v) is 29.9. The summed E-state index contributed by atoms with van der Waals surface area (Å²) in [4.78, 5) is 0. The normalized spacial score (nSPS) is 16.5. The molecule has 3 aliphatic rings. The minimum atomic E-state index is -3.10. The van der Waals surface area contributed by atoms with Crippen molar-refractivity contribution in [3.63, 3.8) is 0 Å². The summed E-state index contributed by atoms with van der Waals surface area (Å²) < 4.78 is 2.86. The van der Waals surface area contributed by atoms with Crippen LogP contribution in [0.1, 0.15) is 120 Å². The third-order valence-electron chi connectivity index (χ3n) is 13.4. The van der Waals surface area contributed by atoms with Crippen LogP contribution in [0, 0.1) is 0 Å². The van der Waals surface area contributed by atoms with Crippen molar-refractivity contribution in [2.45, 2.75) is 99.3 Å². The van der Waals surface area contributed by atoms with E-state index in [4.69, 9.17) is 0 Å². The van der Waals surface area contributed by atoms with E-state index >= 15 is 0 Å². The Balaban J connectivity index is 1.28. The number of allylic oxidation sites excluding steroid dienone is 2. The van der Waals surface area contributed by atoms with Gasteiger partial charge in [0.1, 0.15) is 0 Å². The molecule has 0 saturated heterocycles. The number of aryl methyl sites for hydroxylation is 2. The molecule has 2 aliphatic carbocycles. The third kappa shape index (κ3) is 7.17. The van der Waals surface area contributed by atoms with Gasteiger partial charge in [-0.1, -0.05) is 0 Å². The Labute approximate surface area is 358 Å². The van der Waals surface area contributed by atoms with Crippen LogP contribution in [0.4, 0.5) is 0 Å². The molecule has 6 aromatic carbocycles. The molecular weight excluding hydrogens is 879 g/mol. The summed E-state index contributed by atoms with van der Waals surface area (Å²) >= 11 is -3.10. The van der Waals surface area contributed by atoms with Gasteiger partial charge in [0.25, 0.3) is 0 Å². The van der Waals surface area contributed by atoms with Crippen LogP contribution < -0.4 is 13.7 Å². The summed E-state index contributed by atoms with van der Waals surface area (Å²) in [5, 5.41) is 3.42. The van der Waals surface area contributed by atoms with Gasteiger partial charge in [-0.15, -0.1) is 0 Å². The van der Waals surface area contributed by atoms with Gasteiger partial charge in [-0.25, -0.2) is 0 Å². The van der Waals surface area contributed by atoms with E-state index in [0.717, 1.165) is 12.8 Å². The van der Waals surface area contributed by atoms with E-state index in [1.807, 2.05) is 3.32 Å². The van der Waals surface area contributed by atoms with Crippen molar-refractivity contribution in [2.75, 3.05) is 0 Å². The van der Waals surface area contributed by atoms with Crippen LogP contribution in [0.3, 0.4) is 0 Å². The second kappa shape index (κ2) is 17.6. The van der Waals surface area contributed by atoms with Crippen LogP contribution in [0.25, 0.3) is 45.5 Å². The maximum absolute atomic E-state index is 3.10. The molecule has 0 aromatic heterocycles. The zero-order valence-corrected chi connectivity index (χ0v) is 40.2. The Hall–Kier alpha value is -4.11. The molecule has 2 heteroatoms. The van der Waals surface area contributed by atoms with Crippen LogP contribution in [0.5, 0.6) is 0 Å². The monoisotopic (exact) mass is 939 g/mol. The van der Waals surface area contributed by atoms with Gasteiger partial charge in [0, 0.05) is 0 Å². The van der Waals surface area contributed by atoms with E-state index < -0.39 is 31.0 Å². The second-order valence-electron chi connectivity index (χ2n) is 17.1. The van der Waals surface area contributed by atoms with Crippen molar-refractivity contribution in [1.82, 2.24) is 0 Å². The quantitative estimate of drug-likeness (QED) is 0.0899. The Bertz CT molecular complexity index is 2390. The second-order valence-corrected chi connectivity index (χ2v) is 28.2. The van der Waals surface area contributed by atoms with Gasteiger partial charge >= 0.3 is 361 Å². The van der Waals surface area contributed by atoms with Crippen LogP contribution in [0.2, 0.25) is 0 Å². The molecule has 0 fully saturated rings. The number of hydrogen-bond donors (Lipinski definition) is 0. The molecular formula is C56H59HfSi. The van der Waals surface area contributed by atoms with E-state index in [1.165, 1.54) is 101 Å². The van der Waals surface area contributed by atoms with Gasteiger partial charge in [-0.05, 0) is 0 Å². The first-order chi connectivity index (χ1) is 28.6. The molecule has 0 spiro atoms. The van der Waals surface area contributed by atoms with E-state index in [-0.39, 0.29) is 0 Å². The van der Waals surface area contributed by atoms with Crippen LogP contribution in [-0.2, 0) is 34.3 Å². The average molecular weight is 939 g/mol. The van der Waals surface area contributed by atoms with Crippen LogP contribution in [0.15, 0.2) is 139 Å². The molecule has 1 heterocycles. The Morgan fingerprint density at radius 3 is 1.43 bits per heavy atom. The Morgan fingerprint density at radius 1 is 0.431 bits per heavy atom. The molecule has 0 N–H and O–H groups in total. The molecule has 0 radical (unpaired) electrons. The third-order valence-corrected chi connectivity index (χ3v) is 30.0. The van der Waals surface area contributed by atoms with Crippen LogP contribution >= 0.6 is 0 Å². The summed E-state index contributed by atoms with van der Waals surface area (Å²) in [5.41, 5.74) is 21.6. The number of rotatable bonds is 15. The van der Waals surface area contributed by atoms with Gasteiger partial charge in [0.15, 0.2) is 0 Å². The summed E-state index contributed by atoms with van der Waals surface area (Å²) in [5.74, 6) is 0. The molecule has 0 saturated carbocycles. The summed E-state index contributed by atoms with van der Waals surface area (Å²) in [6, 6.07) is 50.5. The molecule has 2 unspecified atom stereocenters.